The monoisotopic (exact) mass is 433 g/mol. The topological polar surface area (TPSA) is 15.8 Å². The summed E-state index contributed by atoms with van der Waals surface area (Å²) in [5.41, 5.74) is 4.88. The molecular formula is C33H23N. The summed E-state index contributed by atoms with van der Waals surface area (Å²) in [6, 6.07) is 37.1. The fourth-order valence-electron chi connectivity index (χ4n) is 5.66. The number of hydrogen-bond acceptors (Lipinski definition) is 0. The van der Waals surface area contributed by atoms with Crippen molar-refractivity contribution in [1.29, 1.82) is 0 Å². The van der Waals surface area contributed by atoms with Gasteiger partial charge in [-0.15, -0.1) is 0 Å². The maximum atomic E-state index is 3.80. The van der Waals surface area contributed by atoms with Gasteiger partial charge < -0.3 is 4.98 Å². The molecule has 0 spiro atoms. The molecule has 0 atom stereocenters. The second kappa shape index (κ2) is 7.33. The van der Waals surface area contributed by atoms with Crippen LogP contribution in [0.3, 0.4) is 0 Å². The summed E-state index contributed by atoms with van der Waals surface area (Å²) >= 11 is 0. The molecule has 7 aromatic rings. The number of aryl methyl sites for hydroxylation is 1. The summed E-state index contributed by atoms with van der Waals surface area (Å²) in [6.07, 6.45) is 4.48. The van der Waals surface area contributed by atoms with E-state index in [-0.39, 0.29) is 0 Å². The number of fused-ring (bicyclic) bond motifs is 11. The number of hydrogen-bond donors (Lipinski definition) is 1. The predicted molar refractivity (Wildman–Crippen MR) is 148 cm³/mol. The molecule has 1 nitrogen and oxygen atoms in total. The van der Waals surface area contributed by atoms with Gasteiger partial charge in [0.25, 0.3) is 0 Å². The maximum absolute atomic E-state index is 3.80. The lowest BCUT2D eigenvalue weighted by atomic mass is 9.88. The number of aromatic nitrogens is 1. The number of benzene rings is 6. The van der Waals surface area contributed by atoms with Crippen molar-refractivity contribution >= 4 is 66.1 Å². The van der Waals surface area contributed by atoms with Crippen molar-refractivity contribution in [3.63, 3.8) is 0 Å². The fourth-order valence-corrected chi connectivity index (χ4v) is 5.66. The summed E-state index contributed by atoms with van der Waals surface area (Å²) in [5.74, 6) is 0. The first-order chi connectivity index (χ1) is 16.8. The summed E-state index contributed by atoms with van der Waals surface area (Å²) < 4.78 is 0. The van der Waals surface area contributed by atoms with Gasteiger partial charge in [0, 0.05) is 27.4 Å². The minimum absolute atomic E-state index is 1.19. The Labute approximate surface area is 198 Å². The minimum Gasteiger partial charge on any atom is -0.358 e. The van der Waals surface area contributed by atoms with Crippen molar-refractivity contribution in [2.24, 2.45) is 0 Å². The molecule has 34 heavy (non-hydrogen) atoms. The van der Waals surface area contributed by atoms with Crippen molar-refractivity contribution in [2.75, 3.05) is 0 Å². The molecule has 0 amide bonds. The third-order valence-electron chi connectivity index (χ3n) is 7.13. The second-order valence-corrected chi connectivity index (χ2v) is 9.04. The average Bonchev–Trinajstić information content (AvgIpc) is 3.23. The van der Waals surface area contributed by atoms with Crippen LogP contribution in [0.4, 0.5) is 0 Å². The molecule has 6 aromatic carbocycles. The van der Waals surface area contributed by atoms with E-state index in [4.69, 9.17) is 0 Å². The average molecular weight is 434 g/mol. The fraction of sp³-hybridized carbons (Fsp3) is 0.0303. The number of nitrogens with one attached hydrogen (secondary N) is 1. The highest BCUT2D eigenvalue weighted by Gasteiger charge is 2.19. The molecule has 1 aromatic heterocycles. The van der Waals surface area contributed by atoms with Gasteiger partial charge in [-0.05, 0) is 44.8 Å². The Morgan fingerprint density at radius 3 is 1.56 bits per heavy atom. The zero-order valence-corrected chi connectivity index (χ0v) is 19.0. The lowest BCUT2D eigenvalue weighted by molar-refractivity contribution is 1.30. The van der Waals surface area contributed by atoms with Crippen LogP contribution in [-0.4, -0.2) is 4.98 Å². The summed E-state index contributed by atoms with van der Waals surface area (Å²) in [6.45, 7) is 2.19. The van der Waals surface area contributed by atoms with E-state index in [0.29, 0.717) is 0 Å². The van der Waals surface area contributed by atoms with Crippen molar-refractivity contribution in [3.05, 3.63) is 120 Å². The van der Waals surface area contributed by atoms with E-state index in [2.05, 4.69) is 127 Å². The maximum Gasteiger partial charge on any atom is 0.0554 e. The first-order valence-electron chi connectivity index (χ1n) is 11.8. The van der Waals surface area contributed by atoms with Gasteiger partial charge in [0.05, 0.1) is 5.52 Å². The molecule has 0 fully saturated rings. The van der Waals surface area contributed by atoms with Gasteiger partial charge in [-0.25, -0.2) is 0 Å². The molecule has 1 heterocycles. The quantitative estimate of drug-likeness (QED) is 0.261. The lowest BCUT2D eigenvalue weighted by Gasteiger charge is -2.14. The van der Waals surface area contributed by atoms with Crippen LogP contribution in [0.1, 0.15) is 16.8 Å². The van der Waals surface area contributed by atoms with Gasteiger partial charge in [-0.1, -0.05) is 115 Å². The van der Waals surface area contributed by atoms with Gasteiger partial charge in [-0.3, -0.25) is 0 Å². The van der Waals surface area contributed by atoms with Gasteiger partial charge in [0.15, 0.2) is 0 Å². The molecule has 160 valence electrons. The summed E-state index contributed by atoms with van der Waals surface area (Å²) in [5, 5.41) is 11.8. The van der Waals surface area contributed by atoms with Crippen LogP contribution in [0.25, 0.3) is 66.1 Å². The first kappa shape index (κ1) is 19.1. The second-order valence-electron chi connectivity index (χ2n) is 9.04. The zero-order valence-electron chi connectivity index (χ0n) is 19.0. The van der Waals surface area contributed by atoms with Gasteiger partial charge >= 0.3 is 0 Å². The normalized spacial score (nSPS) is 12.1. The smallest absolute Gasteiger partial charge is 0.0554 e. The van der Waals surface area contributed by atoms with Crippen LogP contribution in [-0.2, 0) is 0 Å². The van der Waals surface area contributed by atoms with Crippen LogP contribution in [0, 0.1) is 6.92 Å². The number of H-pyrrole nitrogens is 1. The molecule has 1 heteroatoms. The Bertz CT molecular complexity index is 1900. The molecule has 7 rings (SSSR count). The third-order valence-corrected chi connectivity index (χ3v) is 7.13. The van der Waals surface area contributed by atoms with Crippen LogP contribution in [0.2, 0.25) is 0 Å². The Morgan fingerprint density at radius 1 is 0.471 bits per heavy atom. The largest absolute Gasteiger partial charge is 0.358 e. The highest BCUT2D eigenvalue weighted by Crippen LogP contribution is 2.45. The highest BCUT2D eigenvalue weighted by atomic mass is 14.7. The Kier molecular flexibility index (Phi) is 4.13. The first-order valence-corrected chi connectivity index (χ1v) is 11.8. The van der Waals surface area contributed by atoms with E-state index in [1.54, 1.807) is 0 Å². The molecule has 0 aliphatic rings. The van der Waals surface area contributed by atoms with E-state index in [0.717, 1.165) is 0 Å². The van der Waals surface area contributed by atoms with Crippen molar-refractivity contribution in [2.45, 2.75) is 6.92 Å². The predicted octanol–water partition coefficient (Wildman–Crippen LogP) is 9.26. The molecule has 0 saturated carbocycles. The standard InChI is InChI=1S/C33H23N/c1-21-23(20-19-22-11-3-2-4-12-22)31-29-18-10-9-17-28(29)30-26-15-7-5-13-24(26)25-14-6-8-16-27(25)32(30)33(31)34-21/h2-20,34H,1H3/b20-19-. The lowest BCUT2D eigenvalue weighted by Crippen LogP contribution is -1.87. The molecule has 0 unspecified atom stereocenters. The number of rotatable bonds is 2. The van der Waals surface area contributed by atoms with E-state index < -0.39 is 0 Å². The SMILES string of the molecule is Cc1[nH]c2c(c1/C=C\c1ccccc1)c1ccccc1c1c3ccccc3c3ccccc3c21. The van der Waals surface area contributed by atoms with E-state index in [1.165, 1.54) is 70.8 Å². The van der Waals surface area contributed by atoms with Gasteiger partial charge in [0.1, 0.15) is 0 Å². The molecule has 0 bridgehead atoms. The van der Waals surface area contributed by atoms with Crippen LogP contribution in [0.15, 0.2) is 103 Å². The van der Waals surface area contributed by atoms with Crippen molar-refractivity contribution in [1.82, 2.24) is 4.98 Å². The van der Waals surface area contributed by atoms with Crippen molar-refractivity contribution < 1.29 is 0 Å². The molecule has 0 aliphatic heterocycles. The van der Waals surface area contributed by atoms with E-state index in [1.807, 2.05) is 0 Å². The molecule has 0 saturated heterocycles. The molecule has 1 N–H and O–H groups in total. The van der Waals surface area contributed by atoms with Gasteiger partial charge in [0.2, 0.25) is 0 Å². The Balaban J connectivity index is 1.73. The Hall–Kier alpha value is -4.36. The van der Waals surface area contributed by atoms with E-state index in [9.17, 15) is 0 Å². The molecule has 0 radical (unpaired) electrons. The van der Waals surface area contributed by atoms with Crippen LogP contribution in [0.5, 0.6) is 0 Å². The van der Waals surface area contributed by atoms with Crippen molar-refractivity contribution in [3.8, 4) is 0 Å². The number of aromatic amines is 1. The van der Waals surface area contributed by atoms with Crippen LogP contribution >= 0.6 is 0 Å². The van der Waals surface area contributed by atoms with Crippen LogP contribution < -0.4 is 0 Å². The summed E-state index contributed by atoms with van der Waals surface area (Å²) in [7, 11) is 0. The summed E-state index contributed by atoms with van der Waals surface area (Å²) in [4.78, 5) is 3.80. The minimum atomic E-state index is 1.19. The van der Waals surface area contributed by atoms with E-state index >= 15 is 0 Å². The third kappa shape index (κ3) is 2.67. The van der Waals surface area contributed by atoms with Gasteiger partial charge in [-0.2, -0.15) is 0 Å². The Morgan fingerprint density at radius 2 is 0.941 bits per heavy atom. The zero-order chi connectivity index (χ0) is 22.6. The highest BCUT2D eigenvalue weighted by molar-refractivity contribution is 6.39. The molecule has 0 aliphatic carbocycles. The molecular weight excluding hydrogens is 410 g/mol.